The van der Waals surface area contributed by atoms with Crippen LogP contribution in [0.15, 0.2) is 12.1 Å². The Balaban J connectivity index is 3.01. The highest BCUT2D eigenvalue weighted by atomic mass is 16.5. The Kier molecular flexibility index (Phi) is 36.0. The van der Waals surface area contributed by atoms with Gasteiger partial charge in [0.1, 0.15) is 6.04 Å². The molecule has 0 saturated carbocycles. The Hall–Kier alpha value is -2.48. The molecule has 1 aromatic carbocycles. The molecule has 0 heterocycles. The zero-order valence-corrected chi connectivity index (χ0v) is 37.7. The summed E-state index contributed by atoms with van der Waals surface area (Å²) in [4.78, 5) is 26.4. The summed E-state index contributed by atoms with van der Waals surface area (Å²) in [6.07, 6.45) is 37.9. The average Bonchev–Trinajstić information content (AvgIpc) is 3.22. The van der Waals surface area contributed by atoms with Gasteiger partial charge in [0.2, 0.25) is 11.7 Å². The number of carbonyl (C=O) groups excluding carboxylic acids is 2. The van der Waals surface area contributed by atoms with Gasteiger partial charge in [0.25, 0.3) is 5.91 Å². The van der Waals surface area contributed by atoms with Crippen LogP contribution in [0.5, 0.6) is 17.2 Å². The van der Waals surface area contributed by atoms with Crippen LogP contribution in [-0.4, -0.2) is 55.9 Å². The summed E-state index contributed by atoms with van der Waals surface area (Å²) in [7, 11) is 0. The van der Waals surface area contributed by atoms with Crippen molar-refractivity contribution in [3.05, 3.63) is 17.7 Å². The van der Waals surface area contributed by atoms with Gasteiger partial charge in [-0.25, -0.2) is 0 Å². The van der Waals surface area contributed by atoms with Gasteiger partial charge in [-0.15, -0.1) is 0 Å². The molecular formula is C49H90N2O6. The van der Waals surface area contributed by atoms with Crippen LogP contribution in [0, 0.1) is 0 Å². The lowest BCUT2D eigenvalue weighted by molar-refractivity contribution is -0.123. The van der Waals surface area contributed by atoms with Crippen molar-refractivity contribution in [2.75, 3.05) is 33.0 Å². The summed E-state index contributed by atoms with van der Waals surface area (Å²) in [5.74, 6) is 0.957. The van der Waals surface area contributed by atoms with Gasteiger partial charge in [0.15, 0.2) is 11.5 Å². The zero-order chi connectivity index (χ0) is 41.4. The highest BCUT2D eigenvalue weighted by Gasteiger charge is 2.23. The number of carbonyl (C=O) groups is 2. The Morgan fingerprint density at radius 2 is 0.842 bits per heavy atom. The minimum absolute atomic E-state index is 0.143. The molecule has 0 aliphatic carbocycles. The summed E-state index contributed by atoms with van der Waals surface area (Å²) in [6.45, 7) is 10.3. The number of hydrogen-bond donors (Lipinski definition) is 3. The van der Waals surface area contributed by atoms with E-state index in [1.54, 1.807) is 12.1 Å². The molecule has 3 N–H and O–H groups in total. The SMILES string of the molecule is CCCCCCCCCCCCOc1cc(C(=O)NC(CC)C(=O)NCCO)cc(OCCCCCCCCCCCC)c1OCCCCCCCCCCCC. The first kappa shape index (κ1) is 52.5. The average molecular weight is 803 g/mol. The number of rotatable bonds is 42. The van der Waals surface area contributed by atoms with E-state index in [4.69, 9.17) is 14.2 Å². The van der Waals surface area contributed by atoms with Crippen LogP contribution in [0.3, 0.4) is 0 Å². The van der Waals surface area contributed by atoms with Gasteiger partial charge in [-0.3, -0.25) is 9.59 Å². The van der Waals surface area contributed by atoms with Crippen molar-refractivity contribution in [2.45, 2.75) is 233 Å². The second-order valence-corrected chi connectivity index (χ2v) is 16.3. The largest absolute Gasteiger partial charge is 0.490 e. The fourth-order valence-electron chi connectivity index (χ4n) is 7.27. The summed E-state index contributed by atoms with van der Waals surface area (Å²) in [5.41, 5.74) is 0.380. The molecule has 0 spiro atoms. The maximum atomic E-state index is 13.7. The molecule has 57 heavy (non-hydrogen) atoms. The smallest absolute Gasteiger partial charge is 0.252 e. The number of aliphatic hydroxyl groups is 1. The molecule has 0 aliphatic heterocycles. The van der Waals surface area contributed by atoms with Crippen LogP contribution in [0.2, 0.25) is 0 Å². The summed E-state index contributed by atoms with van der Waals surface area (Å²) in [6, 6.07) is 2.79. The van der Waals surface area contributed by atoms with Crippen molar-refractivity contribution in [3.63, 3.8) is 0 Å². The molecule has 0 fully saturated rings. The molecule has 0 aliphatic rings. The van der Waals surface area contributed by atoms with Crippen LogP contribution < -0.4 is 24.8 Å². The minimum Gasteiger partial charge on any atom is -0.490 e. The second kappa shape index (κ2) is 39.0. The van der Waals surface area contributed by atoms with Gasteiger partial charge in [-0.1, -0.05) is 201 Å². The molecule has 0 radical (unpaired) electrons. The Morgan fingerprint density at radius 3 is 1.18 bits per heavy atom. The van der Waals surface area contributed by atoms with Crippen molar-refractivity contribution < 1.29 is 28.9 Å². The van der Waals surface area contributed by atoms with Gasteiger partial charge in [-0.2, -0.15) is 0 Å². The normalized spacial score (nSPS) is 11.7. The number of unbranched alkanes of at least 4 members (excludes halogenated alkanes) is 27. The monoisotopic (exact) mass is 803 g/mol. The summed E-state index contributed by atoms with van der Waals surface area (Å²) >= 11 is 0. The number of hydrogen-bond acceptors (Lipinski definition) is 6. The number of amides is 2. The maximum Gasteiger partial charge on any atom is 0.252 e. The fraction of sp³-hybridized carbons (Fsp3) is 0.837. The molecule has 1 atom stereocenters. The van der Waals surface area contributed by atoms with Crippen LogP contribution >= 0.6 is 0 Å². The standard InChI is InChI=1S/C49H90N2O6/c1-5-9-12-15-18-21-24-27-30-33-38-55-45-41-43(48(53)51-44(8-4)49(54)50-36-37-52)42-46(56-39-34-31-28-25-22-19-16-13-10-6-2)47(45)57-40-35-32-29-26-23-20-17-14-11-7-3/h41-42,44,52H,5-40H2,1-4H3,(H,50,54)(H,51,53). The number of aliphatic hydroxyl groups excluding tert-OH is 1. The summed E-state index contributed by atoms with van der Waals surface area (Å²) < 4.78 is 19.4. The quantitative estimate of drug-likeness (QED) is 0.0569. The highest BCUT2D eigenvalue weighted by Crippen LogP contribution is 2.40. The first-order chi connectivity index (χ1) is 28.0. The van der Waals surface area contributed by atoms with Crippen molar-refractivity contribution >= 4 is 11.8 Å². The van der Waals surface area contributed by atoms with Gasteiger partial charge < -0.3 is 30.0 Å². The third-order valence-electron chi connectivity index (χ3n) is 11.0. The fourth-order valence-corrected chi connectivity index (χ4v) is 7.27. The molecule has 1 aromatic rings. The number of nitrogens with one attached hydrogen (secondary N) is 2. The first-order valence-corrected chi connectivity index (χ1v) is 24.3. The third-order valence-corrected chi connectivity index (χ3v) is 11.0. The number of ether oxygens (including phenoxy) is 3. The van der Waals surface area contributed by atoms with E-state index in [1.165, 1.54) is 154 Å². The van der Waals surface area contributed by atoms with Crippen molar-refractivity contribution in [1.29, 1.82) is 0 Å². The first-order valence-electron chi connectivity index (χ1n) is 24.3. The third kappa shape index (κ3) is 28.6. The van der Waals surface area contributed by atoms with Gasteiger partial charge in [-0.05, 0) is 37.8 Å². The molecule has 8 nitrogen and oxygen atoms in total. The van der Waals surface area contributed by atoms with E-state index in [1.807, 2.05) is 6.92 Å². The van der Waals surface area contributed by atoms with Gasteiger partial charge in [0, 0.05) is 12.1 Å². The predicted octanol–water partition coefficient (Wildman–Crippen LogP) is 13.2. The van der Waals surface area contributed by atoms with Gasteiger partial charge in [0.05, 0.1) is 26.4 Å². The molecule has 8 heteroatoms. The minimum atomic E-state index is -0.719. The second-order valence-electron chi connectivity index (χ2n) is 16.3. The van der Waals surface area contributed by atoms with Crippen LogP contribution in [0.25, 0.3) is 0 Å². The predicted molar refractivity (Wildman–Crippen MR) is 240 cm³/mol. The molecule has 2 amide bonds. The lowest BCUT2D eigenvalue weighted by Gasteiger charge is -2.20. The lowest BCUT2D eigenvalue weighted by atomic mass is 10.1. The molecule has 0 bridgehead atoms. The maximum absolute atomic E-state index is 13.7. The topological polar surface area (TPSA) is 106 Å². The van der Waals surface area contributed by atoms with Crippen LogP contribution in [0.1, 0.15) is 237 Å². The highest BCUT2D eigenvalue weighted by molar-refractivity contribution is 5.98. The van der Waals surface area contributed by atoms with Crippen LogP contribution in [0.4, 0.5) is 0 Å². The van der Waals surface area contributed by atoms with E-state index in [2.05, 4.69) is 31.4 Å². The van der Waals surface area contributed by atoms with E-state index >= 15 is 0 Å². The molecule has 1 rings (SSSR count). The van der Waals surface area contributed by atoms with Gasteiger partial charge >= 0.3 is 0 Å². The summed E-state index contributed by atoms with van der Waals surface area (Å²) in [5, 5.41) is 14.8. The Morgan fingerprint density at radius 1 is 0.509 bits per heavy atom. The molecule has 1 unspecified atom stereocenters. The Labute approximate surface area is 351 Å². The lowest BCUT2D eigenvalue weighted by Crippen LogP contribution is -2.47. The van der Waals surface area contributed by atoms with E-state index in [9.17, 15) is 14.7 Å². The van der Waals surface area contributed by atoms with E-state index in [0.717, 1.165) is 38.5 Å². The zero-order valence-electron chi connectivity index (χ0n) is 37.7. The molecule has 0 saturated heterocycles. The van der Waals surface area contributed by atoms with E-state index in [0.29, 0.717) is 49.1 Å². The molecule has 0 aromatic heterocycles. The van der Waals surface area contributed by atoms with Crippen molar-refractivity contribution in [2.24, 2.45) is 0 Å². The van der Waals surface area contributed by atoms with E-state index in [-0.39, 0.29) is 25.0 Å². The van der Waals surface area contributed by atoms with Crippen LogP contribution in [-0.2, 0) is 4.79 Å². The molecule has 332 valence electrons. The molecular weight excluding hydrogens is 713 g/mol. The Bertz CT molecular complexity index is 1030. The number of benzene rings is 1. The van der Waals surface area contributed by atoms with Crippen molar-refractivity contribution in [3.8, 4) is 17.2 Å². The van der Waals surface area contributed by atoms with Crippen molar-refractivity contribution in [1.82, 2.24) is 10.6 Å². The van der Waals surface area contributed by atoms with E-state index < -0.39 is 6.04 Å².